The van der Waals surface area contributed by atoms with Gasteiger partial charge in [0.25, 0.3) is 11.7 Å². The largest absolute Gasteiger partial charge is 0.357 e. The number of fused-ring (bicyclic) bond motifs is 1. The predicted octanol–water partition coefficient (Wildman–Crippen LogP) is 0.727. The summed E-state index contributed by atoms with van der Waals surface area (Å²) in [5.41, 5.74) is 0.944. The summed E-state index contributed by atoms with van der Waals surface area (Å²) >= 11 is 0. The van der Waals surface area contributed by atoms with Crippen LogP contribution in [0.15, 0.2) is 12.3 Å². The Bertz CT molecular complexity index is 318. The van der Waals surface area contributed by atoms with Gasteiger partial charge >= 0.3 is 0 Å². The Morgan fingerprint density at radius 1 is 1.27 bits per heavy atom. The van der Waals surface area contributed by atoms with Crippen molar-refractivity contribution >= 4 is 34.4 Å². The van der Waals surface area contributed by atoms with Crippen molar-refractivity contribution in [3.63, 3.8) is 0 Å². The highest BCUT2D eigenvalue weighted by Gasteiger charge is 2.28. The average molecular weight is 217 g/mol. The number of H-pyrrole nitrogens is 1. The van der Waals surface area contributed by atoms with E-state index in [1.807, 2.05) is 0 Å². The number of aromatic nitrogens is 1. The fraction of sp³-hybridized carbons (Fsp3) is 0. The number of amides is 1. The number of ketones is 1. The van der Waals surface area contributed by atoms with Crippen molar-refractivity contribution in [2.45, 2.75) is 0 Å². The molecule has 0 unspecified atom stereocenters. The molecular weight excluding hydrogens is 212 g/mol. The highest BCUT2D eigenvalue weighted by Crippen LogP contribution is 2.19. The molecule has 11 heavy (non-hydrogen) atoms. The lowest BCUT2D eigenvalue weighted by Gasteiger charge is -1.83. The fourth-order valence-electron chi connectivity index (χ4n) is 0.954. The quantitative estimate of drug-likeness (QED) is 0.629. The summed E-state index contributed by atoms with van der Waals surface area (Å²) < 4.78 is 0. The van der Waals surface area contributed by atoms with Crippen LogP contribution in [0.25, 0.3) is 0 Å². The smallest absolute Gasteiger partial charge is 0.298 e. The van der Waals surface area contributed by atoms with Gasteiger partial charge in [-0.1, -0.05) is 0 Å². The van der Waals surface area contributed by atoms with Gasteiger partial charge in [0.1, 0.15) is 5.69 Å². The van der Waals surface area contributed by atoms with Crippen LogP contribution in [0.1, 0.15) is 10.5 Å². The molecule has 0 saturated carbocycles. The standard InChI is InChI=1S/C6H4N2O2.BrH/c9-5-4-3(1-2-7-4)8-6(5)10;/h1-2,7H,(H,8,9,10);1H. The molecule has 2 N–H and O–H groups in total. The Hall–Kier alpha value is -1.10. The van der Waals surface area contributed by atoms with Crippen LogP contribution in [0.3, 0.4) is 0 Å². The van der Waals surface area contributed by atoms with Crippen LogP contribution in [-0.2, 0) is 4.79 Å². The molecule has 0 bridgehead atoms. The Morgan fingerprint density at radius 3 is 2.64 bits per heavy atom. The molecule has 0 aromatic carbocycles. The third-order valence-corrected chi connectivity index (χ3v) is 1.43. The van der Waals surface area contributed by atoms with Crippen molar-refractivity contribution in [3.05, 3.63) is 18.0 Å². The molecule has 1 aliphatic rings. The lowest BCUT2D eigenvalue weighted by molar-refractivity contribution is -0.112. The fourth-order valence-corrected chi connectivity index (χ4v) is 0.954. The van der Waals surface area contributed by atoms with E-state index < -0.39 is 11.7 Å². The molecule has 0 radical (unpaired) electrons. The summed E-state index contributed by atoms with van der Waals surface area (Å²) in [6.45, 7) is 0. The minimum Gasteiger partial charge on any atom is -0.357 e. The Balaban J connectivity index is 0.000000605. The number of anilines is 1. The molecule has 1 amide bonds. The van der Waals surface area contributed by atoms with E-state index in [-0.39, 0.29) is 17.0 Å². The van der Waals surface area contributed by atoms with Crippen LogP contribution in [0.5, 0.6) is 0 Å². The lowest BCUT2D eigenvalue weighted by atomic mass is 10.3. The molecular formula is C6H5BrN2O2. The summed E-state index contributed by atoms with van der Waals surface area (Å²) in [7, 11) is 0. The van der Waals surface area contributed by atoms with Gasteiger partial charge in [-0.15, -0.1) is 17.0 Å². The molecule has 2 heterocycles. The minimum atomic E-state index is -0.554. The van der Waals surface area contributed by atoms with Gasteiger partial charge in [0.2, 0.25) is 0 Å². The van der Waals surface area contributed by atoms with E-state index >= 15 is 0 Å². The highest BCUT2D eigenvalue weighted by molar-refractivity contribution is 8.93. The van der Waals surface area contributed by atoms with Gasteiger partial charge in [0, 0.05) is 6.20 Å². The molecule has 1 aromatic heterocycles. The van der Waals surface area contributed by atoms with E-state index in [2.05, 4.69) is 10.3 Å². The minimum absolute atomic E-state index is 0. The molecule has 0 fully saturated rings. The first-order valence-electron chi connectivity index (χ1n) is 2.82. The van der Waals surface area contributed by atoms with Crippen molar-refractivity contribution in [3.8, 4) is 0 Å². The van der Waals surface area contributed by atoms with Gasteiger partial charge in [-0.25, -0.2) is 0 Å². The predicted molar refractivity (Wildman–Crippen MR) is 44.1 cm³/mol. The molecule has 0 aliphatic carbocycles. The van der Waals surface area contributed by atoms with Crippen LogP contribution in [0, 0.1) is 0 Å². The molecule has 4 nitrogen and oxygen atoms in total. The first kappa shape index (κ1) is 8.00. The lowest BCUT2D eigenvalue weighted by Crippen LogP contribution is -2.13. The molecule has 1 aromatic rings. The second-order valence-electron chi connectivity index (χ2n) is 2.05. The van der Waals surface area contributed by atoms with Crippen LogP contribution in [0.4, 0.5) is 5.69 Å². The van der Waals surface area contributed by atoms with E-state index in [0.29, 0.717) is 11.4 Å². The third-order valence-electron chi connectivity index (χ3n) is 1.43. The van der Waals surface area contributed by atoms with E-state index in [4.69, 9.17) is 0 Å². The van der Waals surface area contributed by atoms with Crippen LogP contribution in [-0.4, -0.2) is 16.7 Å². The zero-order valence-electron chi connectivity index (χ0n) is 5.38. The summed E-state index contributed by atoms with van der Waals surface area (Å²) in [6, 6.07) is 1.65. The number of aromatic amines is 1. The van der Waals surface area contributed by atoms with Crippen molar-refractivity contribution in [1.29, 1.82) is 0 Å². The van der Waals surface area contributed by atoms with E-state index in [0.717, 1.165) is 0 Å². The molecule has 1 aliphatic heterocycles. The summed E-state index contributed by atoms with van der Waals surface area (Å²) in [6.07, 6.45) is 1.61. The highest BCUT2D eigenvalue weighted by atomic mass is 79.9. The maximum atomic E-state index is 10.8. The zero-order valence-corrected chi connectivity index (χ0v) is 7.09. The second kappa shape index (κ2) is 2.50. The number of carbonyl (C=O) groups is 2. The molecule has 0 saturated heterocycles. The van der Waals surface area contributed by atoms with Crippen LogP contribution < -0.4 is 5.32 Å². The molecule has 0 spiro atoms. The Morgan fingerprint density at radius 2 is 2.00 bits per heavy atom. The van der Waals surface area contributed by atoms with Crippen molar-refractivity contribution in [2.24, 2.45) is 0 Å². The summed E-state index contributed by atoms with van der Waals surface area (Å²) in [5, 5.41) is 2.41. The zero-order chi connectivity index (χ0) is 7.14. The number of rotatable bonds is 0. The maximum Gasteiger partial charge on any atom is 0.298 e. The van der Waals surface area contributed by atoms with Gasteiger partial charge in [-0.3, -0.25) is 9.59 Å². The number of carbonyl (C=O) groups excluding carboxylic acids is 2. The van der Waals surface area contributed by atoms with E-state index in [1.165, 1.54) is 0 Å². The molecule has 58 valence electrons. The van der Waals surface area contributed by atoms with E-state index in [9.17, 15) is 9.59 Å². The average Bonchev–Trinajstić information content (AvgIpc) is 2.41. The SMILES string of the molecule is Br.O=C1Nc2cc[nH]c2C1=O. The number of hydrogen-bond donors (Lipinski definition) is 2. The number of Topliss-reactive ketones (excluding diaryl/α,β-unsaturated/α-hetero) is 1. The number of nitrogens with one attached hydrogen (secondary N) is 2. The molecule has 5 heteroatoms. The van der Waals surface area contributed by atoms with Gasteiger partial charge in [-0.2, -0.15) is 0 Å². The van der Waals surface area contributed by atoms with Crippen LogP contribution >= 0.6 is 17.0 Å². The first-order chi connectivity index (χ1) is 4.79. The van der Waals surface area contributed by atoms with Gasteiger partial charge in [0.15, 0.2) is 0 Å². The second-order valence-corrected chi connectivity index (χ2v) is 2.05. The van der Waals surface area contributed by atoms with Gasteiger partial charge in [-0.05, 0) is 6.07 Å². The van der Waals surface area contributed by atoms with Crippen LogP contribution in [0.2, 0.25) is 0 Å². The van der Waals surface area contributed by atoms with Gasteiger partial charge in [0.05, 0.1) is 5.69 Å². The topological polar surface area (TPSA) is 62.0 Å². The molecule has 2 rings (SSSR count). The van der Waals surface area contributed by atoms with Crippen molar-refractivity contribution in [2.75, 3.05) is 5.32 Å². The normalized spacial score (nSPS) is 13.8. The Labute approximate surface area is 72.8 Å². The Kier molecular flexibility index (Phi) is 1.82. The maximum absolute atomic E-state index is 10.8. The number of halogens is 1. The summed E-state index contributed by atoms with van der Waals surface area (Å²) in [4.78, 5) is 24.1. The monoisotopic (exact) mass is 216 g/mol. The first-order valence-corrected chi connectivity index (χ1v) is 2.82. The van der Waals surface area contributed by atoms with Crippen molar-refractivity contribution in [1.82, 2.24) is 4.98 Å². The molecule has 0 atom stereocenters. The van der Waals surface area contributed by atoms with E-state index in [1.54, 1.807) is 12.3 Å². The van der Waals surface area contributed by atoms with Gasteiger partial charge < -0.3 is 10.3 Å². The van der Waals surface area contributed by atoms with Crippen molar-refractivity contribution < 1.29 is 9.59 Å². The number of hydrogen-bond acceptors (Lipinski definition) is 2. The third kappa shape index (κ3) is 0.970. The summed E-state index contributed by atoms with van der Waals surface area (Å²) in [5.74, 6) is -1.04.